The van der Waals surface area contributed by atoms with Crippen LogP contribution >= 0.6 is 7.60 Å². The van der Waals surface area contributed by atoms with Gasteiger partial charge in [0.1, 0.15) is 5.75 Å². The average molecular weight is 184 g/mol. The molecule has 1 aliphatic heterocycles. The zero-order valence-electron chi connectivity index (χ0n) is 6.69. The van der Waals surface area contributed by atoms with Crippen molar-refractivity contribution in [3.8, 4) is 5.75 Å². The highest BCUT2D eigenvalue weighted by atomic mass is 31.2. The molecule has 0 aliphatic carbocycles. The van der Waals surface area contributed by atoms with Crippen LogP contribution in [-0.4, -0.2) is 6.66 Å². The average Bonchev–Trinajstić information content (AvgIpc) is 2.02. The zero-order valence-corrected chi connectivity index (χ0v) is 7.58. The number of para-hydroxylation sites is 1. The molecular weight excluding hydrogens is 175 g/mol. The summed E-state index contributed by atoms with van der Waals surface area (Å²) in [6.45, 7) is 1.85. The summed E-state index contributed by atoms with van der Waals surface area (Å²) in [6.07, 6.45) is 0. The van der Waals surface area contributed by atoms with E-state index in [0.717, 1.165) is 5.56 Å². The fourth-order valence-corrected chi connectivity index (χ4v) is 2.07. The van der Waals surface area contributed by atoms with E-state index in [1.54, 1.807) is 6.07 Å². The lowest BCUT2D eigenvalue weighted by atomic mass is 10.2. The van der Waals surface area contributed by atoms with Gasteiger partial charge in [-0.2, -0.15) is 0 Å². The Morgan fingerprint density at radius 2 is 2.17 bits per heavy atom. The molecule has 4 heteroatoms. The molecule has 0 N–H and O–H groups in total. The minimum Gasteiger partial charge on any atom is -0.424 e. The third-order valence-electron chi connectivity index (χ3n) is 1.69. The lowest BCUT2D eigenvalue weighted by Crippen LogP contribution is -2.05. The van der Waals surface area contributed by atoms with Gasteiger partial charge in [0.25, 0.3) is 0 Å². The van der Waals surface area contributed by atoms with Crippen molar-refractivity contribution in [2.45, 2.75) is 6.61 Å². The summed E-state index contributed by atoms with van der Waals surface area (Å²) in [5.74, 6) is 0.676. The van der Waals surface area contributed by atoms with E-state index in [4.69, 9.17) is 9.05 Å². The van der Waals surface area contributed by atoms with Crippen LogP contribution in [0.3, 0.4) is 0 Å². The van der Waals surface area contributed by atoms with Crippen LogP contribution in [0.25, 0.3) is 0 Å². The van der Waals surface area contributed by atoms with E-state index in [0.29, 0.717) is 12.4 Å². The Bertz CT molecular complexity index is 348. The van der Waals surface area contributed by atoms with Crippen LogP contribution < -0.4 is 4.52 Å². The van der Waals surface area contributed by atoms with Crippen molar-refractivity contribution in [1.29, 1.82) is 0 Å². The minimum atomic E-state index is -2.82. The van der Waals surface area contributed by atoms with Crippen molar-refractivity contribution in [1.82, 2.24) is 0 Å². The topological polar surface area (TPSA) is 35.5 Å². The van der Waals surface area contributed by atoms with Crippen LogP contribution in [0.1, 0.15) is 5.56 Å². The normalized spacial score (nSPS) is 27.4. The number of hydrogen-bond acceptors (Lipinski definition) is 3. The molecule has 1 aromatic carbocycles. The minimum absolute atomic E-state index is 0.379. The van der Waals surface area contributed by atoms with Crippen molar-refractivity contribution in [3.05, 3.63) is 29.8 Å². The van der Waals surface area contributed by atoms with Gasteiger partial charge in [0.05, 0.1) is 6.61 Å². The van der Waals surface area contributed by atoms with Crippen molar-refractivity contribution in [2.24, 2.45) is 0 Å². The second-order valence-corrected chi connectivity index (χ2v) is 4.73. The molecule has 0 fully saturated rings. The Hall–Kier alpha value is -0.790. The maximum atomic E-state index is 11.4. The fraction of sp³-hybridized carbons (Fsp3) is 0.250. The maximum absolute atomic E-state index is 11.4. The summed E-state index contributed by atoms with van der Waals surface area (Å²) in [5.41, 5.74) is 0.950. The van der Waals surface area contributed by atoms with Gasteiger partial charge in [0.2, 0.25) is 0 Å². The Morgan fingerprint density at radius 1 is 1.42 bits per heavy atom. The fourth-order valence-electron chi connectivity index (χ4n) is 1.10. The van der Waals surface area contributed by atoms with Crippen LogP contribution in [-0.2, 0) is 15.7 Å². The summed E-state index contributed by atoms with van der Waals surface area (Å²) >= 11 is 0. The van der Waals surface area contributed by atoms with Gasteiger partial charge in [-0.1, -0.05) is 18.2 Å². The molecule has 0 aromatic heterocycles. The highest BCUT2D eigenvalue weighted by Crippen LogP contribution is 2.49. The van der Waals surface area contributed by atoms with E-state index < -0.39 is 7.60 Å². The van der Waals surface area contributed by atoms with Crippen molar-refractivity contribution in [3.63, 3.8) is 0 Å². The summed E-state index contributed by atoms with van der Waals surface area (Å²) in [7, 11) is -2.82. The zero-order chi connectivity index (χ0) is 8.60. The van der Waals surface area contributed by atoms with Crippen molar-refractivity contribution >= 4 is 7.60 Å². The molecule has 0 amide bonds. The molecule has 0 spiro atoms. The van der Waals surface area contributed by atoms with Gasteiger partial charge in [-0.05, 0) is 6.07 Å². The Kier molecular flexibility index (Phi) is 1.71. The van der Waals surface area contributed by atoms with Gasteiger partial charge >= 0.3 is 7.60 Å². The summed E-state index contributed by atoms with van der Waals surface area (Å²) in [5, 5.41) is 0. The highest BCUT2D eigenvalue weighted by molar-refractivity contribution is 7.53. The van der Waals surface area contributed by atoms with Gasteiger partial charge in [0.15, 0.2) is 0 Å². The molecule has 0 unspecified atom stereocenters. The molecule has 0 radical (unpaired) electrons. The molecule has 0 saturated carbocycles. The van der Waals surface area contributed by atoms with E-state index in [-0.39, 0.29) is 0 Å². The van der Waals surface area contributed by atoms with Crippen LogP contribution in [0.4, 0.5) is 0 Å². The van der Waals surface area contributed by atoms with E-state index >= 15 is 0 Å². The van der Waals surface area contributed by atoms with Crippen LogP contribution in [0.5, 0.6) is 5.75 Å². The first kappa shape index (κ1) is 7.84. The standard InChI is InChI=1S/C8H9O3P/c1-12(9)10-6-7-4-2-3-5-8(7)11-12/h2-5H,6H2,1H3/t12-/m0/s1. The van der Waals surface area contributed by atoms with Crippen molar-refractivity contribution < 1.29 is 13.6 Å². The second kappa shape index (κ2) is 2.61. The van der Waals surface area contributed by atoms with Crippen LogP contribution in [0.2, 0.25) is 0 Å². The van der Waals surface area contributed by atoms with Crippen molar-refractivity contribution in [2.75, 3.05) is 6.66 Å². The van der Waals surface area contributed by atoms with E-state index in [1.165, 1.54) is 6.66 Å². The molecule has 1 heterocycles. The lowest BCUT2D eigenvalue weighted by molar-refractivity contribution is 0.237. The molecule has 64 valence electrons. The van der Waals surface area contributed by atoms with Gasteiger partial charge < -0.3 is 4.52 Å². The second-order valence-electron chi connectivity index (χ2n) is 2.74. The smallest absolute Gasteiger partial charge is 0.376 e. The predicted molar refractivity (Wildman–Crippen MR) is 45.4 cm³/mol. The van der Waals surface area contributed by atoms with Gasteiger partial charge in [0, 0.05) is 12.2 Å². The van der Waals surface area contributed by atoms with E-state index in [1.807, 2.05) is 18.2 Å². The number of rotatable bonds is 0. The molecule has 1 aliphatic rings. The Labute approximate surface area is 70.8 Å². The molecular formula is C8H9O3P. The highest BCUT2D eigenvalue weighted by Gasteiger charge is 2.25. The SMILES string of the molecule is C[P@]1(=O)OCc2ccccc2O1. The molecule has 2 rings (SSSR count). The van der Waals surface area contributed by atoms with Gasteiger partial charge in [-0.15, -0.1) is 0 Å². The molecule has 3 nitrogen and oxygen atoms in total. The number of benzene rings is 1. The third-order valence-corrected chi connectivity index (χ3v) is 2.82. The first-order chi connectivity index (χ1) is 5.67. The molecule has 12 heavy (non-hydrogen) atoms. The Balaban J connectivity index is 2.42. The maximum Gasteiger partial charge on any atom is 0.376 e. The van der Waals surface area contributed by atoms with Crippen LogP contribution in [0.15, 0.2) is 24.3 Å². The van der Waals surface area contributed by atoms with Gasteiger partial charge in [-0.3, -0.25) is 4.52 Å². The first-order valence-electron chi connectivity index (χ1n) is 3.67. The summed E-state index contributed by atoms with van der Waals surface area (Å²) in [6, 6.07) is 7.45. The quantitative estimate of drug-likeness (QED) is 0.581. The largest absolute Gasteiger partial charge is 0.424 e. The predicted octanol–water partition coefficient (Wildman–Crippen LogP) is 2.42. The summed E-state index contributed by atoms with van der Waals surface area (Å²) < 4.78 is 21.5. The molecule has 0 saturated heterocycles. The van der Waals surface area contributed by atoms with E-state index in [2.05, 4.69) is 0 Å². The Morgan fingerprint density at radius 3 is 3.00 bits per heavy atom. The summed E-state index contributed by atoms with van der Waals surface area (Å²) in [4.78, 5) is 0. The lowest BCUT2D eigenvalue weighted by Gasteiger charge is -2.22. The monoisotopic (exact) mass is 184 g/mol. The molecule has 0 bridgehead atoms. The third kappa shape index (κ3) is 1.38. The van der Waals surface area contributed by atoms with Gasteiger partial charge in [-0.25, -0.2) is 4.57 Å². The van der Waals surface area contributed by atoms with Crippen LogP contribution in [0, 0.1) is 0 Å². The van der Waals surface area contributed by atoms with E-state index in [9.17, 15) is 4.57 Å². The number of fused-ring (bicyclic) bond motifs is 1. The number of hydrogen-bond donors (Lipinski definition) is 0. The molecule has 1 atom stereocenters. The molecule has 1 aromatic rings. The first-order valence-corrected chi connectivity index (χ1v) is 5.66.